The molecule has 58 heavy (non-hydrogen) atoms. The van der Waals surface area contributed by atoms with Crippen molar-refractivity contribution in [3.05, 3.63) is 108 Å². The van der Waals surface area contributed by atoms with Crippen LogP contribution in [0.2, 0.25) is 0 Å². The van der Waals surface area contributed by atoms with Crippen molar-refractivity contribution in [1.29, 1.82) is 0 Å². The number of carbonyl (C=O) groups is 2. The maximum Gasteiger partial charge on any atom is 0.355 e. The van der Waals surface area contributed by atoms with Gasteiger partial charge in [0.05, 0.1) is 40.2 Å². The van der Waals surface area contributed by atoms with Crippen LogP contribution in [0.1, 0.15) is 26.5 Å². The Morgan fingerprint density at radius 1 is 0.655 bits per heavy atom. The van der Waals surface area contributed by atoms with Crippen LogP contribution in [0.3, 0.4) is 0 Å². The van der Waals surface area contributed by atoms with E-state index in [0.717, 1.165) is 60.7 Å². The molecule has 0 radical (unpaired) electrons. The van der Waals surface area contributed by atoms with Gasteiger partial charge in [-0.25, -0.2) is 9.59 Å². The molecule has 0 spiro atoms. The normalized spacial score (nSPS) is 12.4. The molecule has 0 bridgehead atoms. The van der Waals surface area contributed by atoms with Crippen LogP contribution in [0, 0.1) is 0 Å². The highest BCUT2D eigenvalue weighted by Gasteiger charge is 2.27. The van der Waals surface area contributed by atoms with E-state index in [1.807, 2.05) is 95.6 Å². The highest BCUT2D eigenvalue weighted by molar-refractivity contribution is 7.00. The number of aromatic nitrogens is 4. The van der Waals surface area contributed by atoms with Crippen molar-refractivity contribution in [1.82, 2.24) is 18.3 Å². The molecule has 2 aliphatic heterocycles. The first-order valence-corrected chi connectivity index (χ1v) is 18.7. The number of carbonyl (C=O) groups excluding carboxylic acids is 2. The largest absolute Gasteiger partial charge is 0.497 e. The zero-order valence-electron chi connectivity index (χ0n) is 31.6. The average Bonchev–Trinajstić information content (AvgIpc) is 4.12. The van der Waals surface area contributed by atoms with Gasteiger partial charge in [-0.15, -0.1) is 0 Å². The van der Waals surface area contributed by atoms with Crippen molar-refractivity contribution in [2.24, 2.45) is 0 Å². The van der Waals surface area contributed by atoms with Crippen LogP contribution in [0.4, 0.5) is 0 Å². The Hall–Kier alpha value is -7.26. The third-order valence-electron chi connectivity index (χ3n) is 10.0. The summed E-state index contributed by atoms with van der Waals surface area (Å²) in [7, 11) is 5.98. The second-order valence-electron chi connectivity index (χ2n) is 13.2. The van der Waals surface area contributed by atoms with Crippen molar-refractivity contribution in [2.75, 3.05) is 42.0 Å². The number of hydrogen-bond donors (Lipinski definition) is 1. The number of benzene rings is 5. The number of fused-ring (bicyclic) bond motifs is 5. The minimum Gasteiger partial charge on any atom is -0.497 e. The molecular weight excluding hydrogens is 765 g/mol. The van der Waals surface area contributed by atoms with Gasteiger partial charge < -0.3 is 47.4 Å². The number of H-pyrrole nitrogens is 1. The summed E-state index contributed by atoms with van der Waals surface area (Å²) in [6.07, 6.45) is 0. The van der Waals surface area contributed by atoms with E-state index in [1.54, 1.807) is 14.2 Å². The number of hydrogen-bond acceptors (Lipinski definition) is 13. The molecule has 3 aromatic heterocycles. The summed E-state index contributed by atoms with van der Waals surface area (Å²) < 4.78 is 53.5. The molecule has 0 atom stereocenters. The van der Waals surface area contributed by atoms with Gasteiger partial charge in [0.15, 0.2) is 23.0 Å². The third-order valence-corrected chi connectivity index (χ3v) is 10.6. The number of methoxy groups -OCH3 is 4. The Bertz CT molecular complexity index is 2900. The molecule has 8 aromatic rings. The van der Waals surface area contributed by atoms with Crippen LogP contribution in [-0.2, 0) is 16.0 Å². The summed E-state index contributed by atoms with van der Waals surface area (Å²) in [5.41, 5.74) is 8.36. The molecule has 1 N–H and O–H groups in total. The van der Waals surface area contributed by atoms with Crippen molar-refractivity contribution < 1.29 is 47.5 Å². The van der Waals surface area contributed by atoms with E-state index in [9.17, 15) is 9.59 Å². The van der Waals surface area contributed by atoms with Gasteiger partial charge in [0.25, 0.3) is 0 Å². The highest BCUT2D eigenvalue weighted by Crippen LogP contribution is 2.43. The lowest BCUT2D eigenvalue weighted by Crippen LogP contribution is -2.12. The quantitative estimate of drug-likeness (QED) is 0.147. The maximum atomic E-state index is 13.2. The molecule has 5 aromatic carbocycles. The number of nitrogens with zero attached hydrogens (tertiary/aromatic N) is 3. The van der Waals surface area contributed by atoms with Gasteiger partial charge in [0.2, 0.25) is 13.6 Å². The lowest BCUT2D eigenvalue weighted by atomic mass is 10.0. The smallest absolute Gasteiger partial charge is 0.355 e. The minimum absolute atomic E-state index is 0.173. The van der Waals surface area contributed by atoms with Crippen molar-refractivity contribution >= 4 is 56.5 Å². The van der Waals surface area contributed by atoms with Crippen molar-refractivity contribution in [3.63, 3.8) is 0 Å². The number of rotatable bonds is 8. The van der Waals surface area contributed by atoms with E-state index in [-0.39, 0.29) is 13.6 Å². The number of esters is 2. The van der Waals surface area contributed by atoms with Crippen LogP contribution in [-0.4, -0.2) is 72.3 Å². The molecule has 0 aliphatic carbocycles. The predicted octanol–water partition coefficient (Wildman–Crippen LogP) is 8.24. The average molecular weight is 799 g/mol. The van der Waals surface area contributed by atoms with E-state index in [4.69, 9.17) is 37.9 Å². The minimum atomic E-state index is -0.433. The standard InChI is InChI=1S/C25H19N3O5S.C18H15NO5/c1-30-16-5-7-20-17(11-16)23(15-4-8-21-22(10-15)33-13-32-21)24(25(29)31-2)28(20)12-14-3-6-18-19(9-14)27-34-26-18;1-21-11-4-5-13-12(8-11)16(17(19-13)18(20)22-2)10-3-6-14-15(7-10)24-9-23-14/h3-11H,12-13H2,1-2H3;3-8,19H,9H2,1-2H3. The van der Waals surface area contributed by atoms with Gasteiger partial charge in [-0.1, -0.05) is 18.2 Å². The monoisotopic (exact) mass is 798 g/mol. The third kappa shape index (κ3) is 6.40. The lowest BCUT2D eigenvalue weighted by molar-refractivity contribution is 0.0584. The second kappa shape index (κ2) is 15.0. The highest BCUT2D eigenvalue weighted by atomic mass is 32.1. The Balaban J connectivity index is 0.000000160. The predicted molar refractivity (Wildman–Crippen MR) is 216 cm³/mol. The van der Waals surface area contributed by atoms with E-state index < -0.39 is 11.9 Å². The number of ether oxygens (including phenoxy) is 8. The van der Waals surface area contributed by atoms with Gasteiger partial charge in [-0.05, 0) is 89.5 Å². The SMILES string of the molecule is COC(=O)c1[nH]c2ccc(OC)cc2c1-c1ccc2c(c1)OCO2.COC(=O)c1c(-c2ccc3c(c2)OCO3)c2cc(OC)ccc2n1Cc1ccc2nsnc2c1. The summed E-state index contributed by atoms with van der Waals surface area (Å²) in [4.78, 5) is 28.6. The molecule has 5 heterocycles. The van der Waals surface area contributed by atoms with Crippen LogP contribution >= 0.6 is 11.7 Å². The van der Waals surface area contributed by atoms with Crippen molar-refractivity contribution in [3.8, 4) is 56.8 Å². The topological polar surface area (TPSA) is 154 Å². The van der Waals surface area contributed by atoms with E-state index in [2.05, 4.69) is 13.7 Å². The fraction of sp³-hybridized carbons (Fsp3) is 0.163. The molecule has 0 amide bonds. The fourth-order valence-corrected chi connectivity index (χ4v) is 7.81. The second-order valence-corrected chi connectivity index (χ2v) is 13.7. The molecule has 15 heteroatoms. The Morgan fingerprint density at radius 3 is 1.95 bits per heavy atom. The van der Waals surface area contributed by atoms with Gasteiger partial charge in [-0.3, -0.25) is 0 Å². The van der Waals surface area contributed by atoms with E-state index >= 15 is 0 Å². The summed E-state index contributed by atoms with van der Waals surface area (Å²) >= 11 is 1.18. The molecule has 0 saturated carbocycles. The zero-order valence-corrected chi connectivity index (χ0v) is 32.4. The van der Waals surface area contributed by atoms with Gasteiger partial charge in [0, 0.05) is 39.5 Å². The number of aromatic amines is 1. The first-order chi connectivity index (χ1) is 28.4. The Labute approximate surface area is 334 Å². The van der Waals surface area contributed by atoms with Crippen LogP contribution in [0.5, 0.6) is 34.5 Å². The summed E-state index contributed by atoms with van der Waals surface area (Å²) in [5.74, 6) is 3.19. The maximum absolute atomic E-state index is 13.2. The molecule has 0 saturated heterocycles. The summed E-state index contributed by atoms with van der Waals surface area (Å²) in [5, 5.41) is 1.74. The molecular formula is C43H34N4O10S. The first kappa shape index (κ1) is 36.4. The van der Waals surface area contributed by atoms with E-state index in [1.165, 1.54) is 25.9 Å². The van der Waals surface area contributed by atoms with Crippen molar-refractivity contribution in [2.45, 2.75) is 6.54 Å². The lowest BCUT2D eigenvalue weighted by Gasteiger charge is -2.11. The van der Waals surface area contributed by atoms with Gasteiger partial charge in [-0.2, -0.15) is 8.75 Å². The van der Waals surface area contributed by atoms with Crippen LogP contribution in [0.25, 0.3) is 55.1 Å². The first-order valence-electron chi connectivity index (χ1n) is 17.9. The molecule has 10 rings (SSSR count). The molecule has 0 fully saturated rings. The molecule has 0 unspecified atom stereocenters. The molecule has 14 nitrogen and oxygen atoms in total. The van der Waals surface area contributed by atoms with Crippen LogP contribution in [0.15, 0.2) is 91.0 Å². The zero-order chi connectivity index (χ0) is 39.9. The van der Waals surface area contributed by atoms with Gasteiger partial charge in [0.1, 0.15) is 33.9 Å². The van der Waals surface area contributed by atoms with Gasteiger partial charge >= 0.3 is 11.9 Å². The Morgan fingerprint density at radius 2 is 1.28 bits per heavy atom. The summed E-state index contributed by atoms with van der Waals surface area (Å²) in [6.45, 7) is 0.821. The number of nitrogens with one attached hydrogen (secondary N) is 1. The molecule has 292 valence electrons. The van der Waals surface area contributed by atoms with E-state index in [0.29, 0.717) is 52.4 Å². The molecule has 2 aliphatic rings. The van der Waals surface area contributed by atoms with Crippen LogP contribution < -0.4 is 28.4 Å². The Kier molecular flexibility index (Phi) is 9.41. The summed E-state index contributed by atoms with van der Waals surface area (Å²) in [6, 6.07) is 28.6. The fourth-order valence-electron chi connectivity index (χ4n) is 7.29.